The van der Waals surface area contributed by atoms with Gasteiger partial charge in [-0.25, -0.2) is 13.8 Å². The molecule has 0 aliphatic rings. The van der Waals surface area contributed by atoms with E-state index in [2.05, 4.69) is 18.8 Å². The first-order chi connectivity index (χ1) is 13.3. The van der Waals surface area contributed by atoms with Crippen molar-refractivity contribution in [3.05, 3.63) is 64.4 Å². The van der Waals surface area contributed by atoms with Gasteiger partial charge in [0.1, 0.15) is 5.82 Å². The molecule has 28 heavy (non-hydrogen) atoms. The van der Waals surface area contributed by atoms with Crippen LogP contribution in [0, 0.1) is 17.6 Å². The van der Waals surface area contributed by atoms with E-state index in [1.165, 1.54) is 6.07 Å². The van der Waals surface area contributed by atoms with Gasteiger partial charge in [-0.3, -0.25) is 4.79 Å². The highest BCUT2D eigenvalue weighted by atomic mass is 35.5. The van der Waals surface area contributed by atoms with Crippen molar-refractivity contribution in [3.8, 4) is 0 Å². The Morgan fingerprint density at radius 1 is 1.18 bits per heavy atom. The SMILES string of the molecule is CC(C)CCN(Cc1nc2ccc(Cl)cc2n1C)C(=O)c1ccc(F)c(F)c1. The van der Waals surface area contributed by atoms with E-state index in [-0.39, 0.29) is 18.0 Å². The number of rotatable bonds is 6. The van der Waals surface area contributed by atoms with Gasteiger partial charge >= 0.3 is 0 Å². The Kier molecular flexibility index (Phi) is 5.98. The molecule has 1 amide bonds. The Balaban J connectivity index is 1.92. The second-order valence-electron chi connectivity index (χ2n) is 7.26. The highest BCUT2D eigenvalue weighted by Gasteiger charge is 2.20. The lowest BCUT2D eigenvalue weighted by atomic mass is 10.1. The Hall–Kier alpha value is -2.47. The second-order valence-corrected chi connectivity index (χ2v) is 7.69. The van der Waals surface area contributed by atoms with Crippen LogP contribution in [0.1, 0.15) is 36.5 Å². The minimum Gasteiger partial charge on any atom is -0.331 e. The van der Waals surface area contributed by atoms with Crippen molar-refractivity contribution in [2.45, 2.75) is 26.8 Å². The number of hydrogen-bond acceptors (Lipinski definition) is 2. The lowest BCUT2D eigenvalue weighted by Crippen LogP contribution is -2.33. The summed E-state index contributed by atoms with van der Waals surface area (Å²) in [6, 6.07) is 8.64. The summed E-state index contributed by atoms with van der Waals surface area (Å²) < 4.78 is 28.7. The lowest BCUT2D eigenvalue weighted by molar-refractivity contribution is 0.0729. The van der Waals surface area contributed by atoms with Crippen LogP contribution in [0.5, 0.6) is 0 Å². The second kappa shape index (κ2) is 8.27. The molecule has 0 atom stereocenters. The number of imidazole rings is 1. The summed E-state index contributed by atoms with van der Waals surface area (Å²) in [5.74, 6) is -1.29. The fourth-order valence-corrected chi connectivity index (χ4v) is 3.17. The molecular weight excluding hydrogens is 384 g/mol. The molecule has 0 N–H and O–H groups in total. The third-order valence-corrected chi connectivity index (χ3v) is 4.93. The summed E-state index contributed by atoms with van der Waals surface area (Å²) in [4.78, 5) is 19.2. The lowest BCUT2D eigenvalue weighted by Gasteiger charge is -2.23. The number of hydrogen-bond donors (Lipinski definition) is 0. The fraction of sp³-hybridized carbons (Fsp3) is 0.333. The average Bonchev–Trinajstić information content (AvgIpc) is 2.95. The number of carbonyl (C=O) groups is 1. The van der Waals surface area contributed by atoms with Gasteiger partial charge in [-0.1, -0.05) is 25.4 Å². The third kappa shape index (κ3) is 4.33. The Morgan fingerprint density at radius 2 is 1.93 bits per heavy atom. The summed E-state index contributed by atoms with van der Waals surface area (Å²) in [5, 5.41) is 0.608. The zero-order chi connectivity index (χ0) is 20.4. The molecule has 0 saturated heterocycles. The number of benzene rings is 2. The molecule has 4 nitrogen and oxygen atoms in total. The van der Waals surface area contributed by atoms with Crippen LogP contribution in [0.25, 0.3) is 11.0 Å². The van der Waals surface area contributed by atoms with Crippen LogP contribution in [0.4, 0.5) is 8.78 Å². The molecule has 0 fully saturated rings. The first-order valence-corrected chi connectivity index (χ1v) is 9.49. The number of fused-ring (bicyclic) bond motifs is 1. The molecule has 2 aromatic carbocycles. The van der Waals surface area contributed by atoms with Gasteiger partial charge in [0.05, 0.1) is 17.6 Å². The molecule has 1 aromatic heterocycles. The van der Waals surface area contributed by atoms with E-state index in [1.807, 2.05) is 23.7 Å². The molecule has 0 bridgehead atoms. The maximum absolute atomic E-state index is 13.6. The zero-order valence-corrected chi connectivity index (χ0v) is 16.8. The van der Waals surface area contributed by atoms with E-state index in [0.717, 1.165) is 29.6 Å². The standard InChI is InChI=1S/C21H22ClF2N3O/c1-13(2)8-9-27(21(28)14-4-6-16(23)17(24)10-14)12-20-25-18-7-5-15(22)11-19(18)26(20)3/h4-7,10-11,13H,8-9,12H2,1-3H3. The smallest absolute Gasteiger partial charge is 0.254 e. The van der Waals surface area contributed by atoms with Gasteiger partial charge < -0.3 is 9.47 Å². The highest BCUT2D eigenvalue weighted by molar-refractivity contribution is 6.31. The Labute approximate surface area is 167 Å². The molecule has 0 unspecified atom stereocenters. The molecule has 7 heteroatoms. The van der Waals surface area contributed by atoms with E-state index >= 15 is 0 Å². The Morgan fingerprint density at radius 3 is 2.61 bits per heavy atom. The van der Waals surface area contributed by atoms with Gasteiger partial charge in [-0.05, 0) is 48.7 Å². The molecule has 0 aliphatic carbocycles. The molecule has 148 valence electrons. The molecular formula is C21H22ClF2N3O. The minimum absolute atomic E-state index is 0.115. The maximum Gasteiger partial charge on any atom is 0.254 e. The molecule has 0 spiro atoms. The van der Waals surface area contributed by atoms with Gasteiger partial charge in [-0.15, -0.1) is 0 Å². The number of nitrogens with zero attached hydrogens (tertiary/aromatic N) is 3. The third-order valence-electron chi connectivity index (χ3n) is 4.70. The fourth-order valence-electron chi connectivity index (χ4n) is 3.00. The van der Waals surface area contributed by atoms with Crippen LogP contribution >= 0.6 is 11.6 Å². The van der Waals surface area contributed by atoms with Gasteiger partial charge in [-0.2, -0.15) is 0 Å². The van der Waals surface area contributed by atoms with E-state index < -0.39 is 11.6 Å². The van der Waals surface area contributed by atoms with Crippen molar-refractivity contribution in [2.24, 2.45) is 13.0 Å². The largest absolute Gasteiger partial charge is 0.331 e. The normalized spacial score (nSPS) is 11.4. The zero-order valence-electron chi connectivity index (χ0n) is 16.0. The molecule has 1 heterocycles. The average molecular weight is 406 g/mol. The number of aromatic nitrogens is 2. The number of carbonyl (C=O) groups excluding carboxylic acids is 1. The van der Waals surface area contributed by atoms with Crippen LogP contribution in [0.3, 0.4) is 0 Å². The number of amides is 1. The summed E-state index contributed by atoms with van der Waals surface area (Å²) in [6.07, 6.45) is 0.783. The topological polar surface area (TPSA) is 38.1 Å². The van der Waals surface area contributed by atoms with Gasteiger partial charge in [0.15, 0.2) is 11.6 Å². The monoisotopic (exact) mass is 405 g/mol. The summed E-state index contributed by atoms with van der Waals surface area (Å²) in [5.41, 5.74) is 1.77. The van der Waals surface area contributed by atoms with E-state index in [1.54, 1.807) is 11.0 Å². The maximum atomic E-state index is 13.6. The molecule has 0 saturated carbocycles. The van der Waals surface area contributed by atoms with E-state index in [0.29, 0.717) is 23.3 Å². The van der Waals surface area contributed by atoms with Crippen LogP contribution in [0.2, 0.25) is 5.02 Å². The first-order valence-electron chi connectivity index (χ1n) is 9.11. The summed E-state index contributed by atoms with van der Waals surface area (Å²) in [6.45, 7) is 4.88. The van der Waals surface area contributed by atoms with Crippen molar-refractivity contribution in [3.63, 3.8) is 0 Å². The molecule has 3 rings (SSSR count). The van der Waals surface area contributed by atoms with E-state index in [9.17, 15) is 13.6 Å². The van der Waals surface area contributed by atoms with Crippen LogP contribution in [-0.4, -0.2) is 26.9 Å². The van der Waals surface area contributed by atoms with Crippen molar-refractivity contribution >= 4 is 28.5 Å². The van der Waals surface area contributed by atoms with Gasteiger partial charge in [0, 0.05) is 24.2 Å². The highest BCUT2D eigenvalue weighted by Crippen LogP contribution is 2.21. The van der Waals surface area contributed by atoms with Crippen molar-refractivity contribution in [1.82, 2.24) is 14.5 Å². The summed E-state index contributed by atoms with van der Waals surface area (Å²) in [7, 11) is 1.86. The van der Waals surface area contributed by atoms with Crippen molar-refractivity contribution in [2.75, 3.05) is 6.54 Å². The van der Waals surface area contributed by atoms with Crippen molar-refractivity contribution in [1.29, 1.82) is 0 Å². The predicted molar refractivity (Wildman–Crippen MR) is 106 cm³/mol. The van der Waals surface area contributed by atoms with Crippen LogP contribution in [-0.2, 0) is 13.6 Å². The van der Waals surface area contributed by atoms with E-state index in [4.69, 9.17) is 11.6 Å². The molecule has 0 aliphatic heterocycles. The van der Waals surface area contributed by atoms with Gasteiger partial charge in [0.25, 0.3) is 5.91 Å². The molecule has 0 radical (unpaired) electrons. The number of halogens is 3. The van der Waals surface area contributed by atoms with Gasteiger partial charge in [0.2, 0.25) is 0 Å². The Bertz CT molecular complexity index is 1020. The molecule has 3 aromatic rings. The first kappa shape index (κ1) is 20.3. The number of aryl methyl sites for hydroxylation is 1. The van der Waals surface area contributed by atoms with Crippen molar-refractivity contribution < 1.29 is 13.6 Å². The summed E-state index contributed by atoms with van der Waals surface area (Å²) >= 11 is 6.08. The quantitative estimate of drug-likeness (QED) is 0.565. The van der Waals surface area contributed by atoms with Crippen LogP contribution in [0.15, 0.2) is 36.4 Å². The van der Waals surface area contributed by atoms with Crippen LogP contribution < -0.4 is 0 Å². The predicted octanol–water partition coefficient (Wildman–Crippen LogP) is 5.19. The minimum atomic E-state index is -1.04.